The van der Waals surface area contributed by atoms with Gasteiger partial charge in [0.15, 0.2) is 10.7 Å². The predicted molar refractivity (Wildman–Crippen MR) is 96.4 cm³/mol. The van der Waals surface area contributed by atoms with Gasteiger partial charge in [-0.15, -0.1) is 11.3 Å². The topological polar surface area (TPSA) is 104 Å². The van der Waals surface area contributed by atoms with Gasteiger partial charge in [-0.2, -0.15) is 10.4 Å². The number of nitro groups is 1. The van der Waals surface area contributed by atoms with Crippen LogP contribution in [-0.2, 0) is 0 Å². The van der Waals surface area contributed by atoms with Crippen LogP contribution in [0.4, 0.5) is 11.4 Å². The summed E-state index contributed by atoms with van der Waals surface area (Å²) < 4.78 is 0. The van der Waals surface area contributed by atoms with Crippen LogP contribution < -0.4 is 5.43 Å². The first-order valence-corrected chi connectivity index (χ1v) is 8.05. The summed E-state index contributed by atoms with van der Waals surface area (Å²) in [5.41, 5.74) is 4.85. The van der Waals surface area contributed by atoms with Crippen LogP contribution in [0.5, 0.6) is 0 Å². The average molecular weight is 349 g/mol. The van der Waals surface area contributed by atoms with Crippen molar-refractivity contribution in [2.45, 2.75) is 0 Å². The molecule has 0 atom stereocenters. The smallest absolute Gasteiger partial charge is 0.271 e. The lowest BCUT2D eigenvalue weighted by Crippen LogP contribution is -2.01. The molecule has 0 aliphatic heterocycles. The van der Waals surface area contributed by atoms with Crippen LogP contribution in [0, 0.1) is 21.4 Å². The van der Waals surface area contributed by atoms with Crippen LogP contribution in [0.25, 0.3) is 11.3 Å². The number of hydrogen-bond donors (Lipinski definition) is 1. The Kier molecular flexibility index (Phi) is 4.78. The van der Waals surface area contributed by atoms with Crippen LogP contribution >= 0.6 is 11.3 Å². The van der Waals surface area contributed by atoms with Crippen LogP contribution in [0.1, 0.15) is 5.01 Å². The van der Waals surface area contributed by atoms with Gasteiger partial charge in [-0.3, -0.25) is 15.5 Å². The number of benzene rings is 2. The zero-order chi connectivity index (χ0) is 17.6. The molecule has 7 nitrogen and oxygen atoms in total. The van der Waals surface area contributed by atoms with E-state index in [0.717, 1.165) is 11.3 Å². The Morgan fingerprint density at radius 1 is 1.24 bits per heavy atom. The Labute approximate surface area is 147 Å². The molecule has 1 N–H and O–H groups in total. The van der Waals surface area contributed by atoms with Gasteiger partial charge in [0.1, 0.15) is 6.07 Å². The standard InChI is InChI=1S/C17H11N5O2S/c18-10-15(21-20-13-7-4-8-14(9-13)22(23)24)17-19-16(11-25-17)12-5-2-1-3-6-12/h1-9,11,20H/b21-15-. The lowest BCUT2D eigenvalue weighted by atomic mass is 10.2. The molecule has 0 unspecified atom stereocenters. The van der Waals surface area contributed by atoms with E-state index in [1.54, 1.807) is 12.1 Å². The fourth-order valence-corrected chi connectivity index (χ4v) is 2.82. The van der Waals surface area contributed by atoms with Gasteiger partial charge in [0.2, 0.25) is 0 Å². The molecule has 0 saturated heterocycles. The van der Waals surface area contributed by atoms with E-state index in [1.165, 1.54) is 23.5 Å². The molecule has 0 bridgehead atoms. The summed E-state index contributed by atoms with van der Waals surface area (Å²) in [6.07, 6.45) is 0. The van der Waals surface area contributed by atoms with Crippen molar-refractivity contribution >= 4 is 28.4 Å². The van der Waals surface area contributed by atoms with Gasteiger partial charge in [-0.1, -0.05) is 36.4 Å². The van der Waals surface area contributed by atoms with Crippen molar-refractivity contribution in [3.05, 3.63) is 75.1 Å². The van der Waals surface area contributed by atoms with Crippen LogP contribution in [0.15, 0.2) is 65.1 Å². The second kappa shape index (κ2) is 7.33. The minimum Gasteiger partial charge on any atom is -0.277 e. The van der Waals surface area contributed by atoms with Gasteiger partial charge in [0, 0.05) is 23.1 Å². The maximum atomic E-state index is 10.8. The van der Waals surface area contributed by atoms with Crippen molar-refractivity contribution in [3.8, 4) is 17.3 Å². The van der Waals surface area contributed by atoms with Gasteiger partial charge >= 0.3 is 0 Å². The third-order valence-electron chi connectivity index (χ3n) is 3.24. The van der Waals surface area contributed by atoms with E-state index in [1.807, 2.05) is 41.8 Å². The third-order valence-corrected chi connectivity index (χ3v) is 4.09. The normalized spacial score (nSPS) is 10.9. The minimum atomic E-state index is -0.493. The largest absolute Gasteiger partial charge is 0.277 e. The third kappa shape index (κ3) is 3.85. The molecule has 8 heteroatoms. The second-order valence-corrected chi connectivity index (χ2v) is 5.75. The molecule has 0 radical (unpaired) electrons. The zero-order valence-electron chi connectivity index (χ0n) is 12.8. The van der Waals surface area contributed by atoms with E-state index in [9.17, 15) is 15.4 Å². The number of non-ortho nitro benzene ring substituents is 1. The Morgan fingerprint density at radius 3 is 2.76 bits per heavy atom. The van der Waals surface area contributed by atoms with Crippen LogP contribution in [0.2, 0.25) is 0 Å². The first-order valence-electron chi connectivity index (χ1n) is 7.17. The highest BCUT2D eigenvalue weighted by Crippen LogP contribution is 2.22. The van der Waals surface area contributed by atoms with E-state index < -0.39 is 4.92 Å². The molecule has 0 aliphatic rings. The van der Waals surface area contributed by atoms with E-state index in [4.69, 9.17) is 0 Å². The lowest BCUT2D eigenvalue weighted by molar-refractivity contribution is -0.384. The molecular formula is C17H11N5O2S. The summed E-state index contributed by atoms with van der Waals surface area (Å²) >= 11 is 1.31. The Morgan fingerprint density at radius 2 is 2.04 bits per heavy atom. The summed E-state index contributed by atoms with van der Waals surface area (Å²) in [6, 6.07) is 17.5. The maximum absolute atomic E-state index is 10.8. The highest BCUT2D eigenvalue weighted by molar-refractivity contribution is 7.12. The number of anilines is 1. The molecule has 3 aromatic rings. The molecule has 0 amide bonds. The van der Waals surface area contributed by atoms with Gasteiger partial charge in [-0.05, 0) is 6.07 Å². The molecule has 0 spiro atoms. The molecule has 0 fully saturated rings. The van der Waals surface area contributed by atoms with Crippen molar-refractivity contribution < 1.29 is 4.92 Å². The molecule has 122 valence electrons. The molecule has 2 aromatic carbocycles. The summed E-state index contributed by atoms with van der Waals surface area (Å²) in [6.45, 7) is 0. The Hall–Kier alpha value is -3.57. The zero-order valence-corrected chi connectivity index (χ0v) is 13.6. The van der Waals surface area contributed by atoms with E-state index in [2.05, 4.69) is 15.5 Å². The lowest BCUT2D eigenvalue weighted by Gasteiger charge is -2.00. The minimum absolute atomic E-state index is 0.0562. The molecule has 1 heterocycles. The SMILES string of the molecule is N#C/C(=N/Nc1cccc([N+](=O)[O-])c1)c1nc(-c2ccccc2)cs1. The number of aromatic nitrogens is 1. The number of nitrogens with one attached hydrogen (secondary N) is 1. The quantitative estimate of drug-likeness (QED) is 0.425. The van der Waals surface area contributed by atoms with Crippen molar-refractivity contribution in [2.75, 3.05) is 5.43 Å². The van der Waals surface area contributed by atoms with Crippen molar-refractivity contribution in [3.63, 3.8) is 0 Å². The predicted octanol–water partition coefficient (Wildman–Crippen LogP) is 4.06. The van der Waals surface area contributed by atoms with E-state index in [0.29, 0.717) is 10.7 Å². The summed E-state index contributed by atoms with van der Waals surface area (Å²) in [4.78, 5) is 14.7. The molecular weight excluding hydrogens is 338 g/mol. The second-order valence-electron chi connectivity index (χ2n) is 4.90. The number of nitriles is 1. The summed E-state index contributed by atoms with van der Waals surface area (Å²) in [5.74, 6) is 0. The molecule has 0 aliphatic carbocycles. The highest BCUT2D eigenvalue weighted by atomic mass is 32.1. The Bertz CT molecular complexity index is 976. The van der Waals surface area contributed by atoms with Crippen LogP contribution in [0.3, 0.4) is 0 Å². The monoisotopic (exact) mass is 349 g/mol. The molecule has 25 heavy (non-hydrogen) atoms. The number of nitrogens with zero attached hydrogens (tertiary/aromatic N) is 4. The molecule has 1 aromatic heterocycles. The van der Waals surface area contributed by atoms with E-state index in [-0.39, 0.29) is 11.4 Å². The first kappa shape index (κ1) is 16.3. The van der Waals surface area contributed by atoms with Crippen LogP contribution in [-0.4, -0.2) is 15.6 Å². The van der Waals surface area contributed by atoms with Gasteiger partial charge in [-0.25, -0.2) is 4.98 Å². The number of hydrogen-bond acceptors (Lipinski definition) is 7. The fourth-order valence-electron chi connectivity index (χ4n) is 2.05. The molecule has 3 rings (SSSR count). The van der Waals surface area contributed by atoms with Gasteiger partial charge in [0.25, 0.3) is 5.69 Å². The average Bonchev–Trinajstić information content (AvgIpc) is 3.13. The van der Waals surface area contributed by atoms with Gasteiger partial charge in [0.05, 0.1) is 16.3 Å². The summed E-state index contributed by atoms with van der Waals surface area (Å²) in [7, 11) is 0. The Balaban J connectivity index is 1.82. The van der Waals surface area contributed by atoms with Gasteiger partial charge < -0.3 is 0 Å². The first-order chi connectivity index (χ1) is 12.2. The maximum Gasteiger partial charge on any atom is 0.271 e. The number of rotatable bonds is 5. The number of thiazole rings is 1. The number of nitro benzene ring substituents is 1. The fraction of sp³-hybridized carbons (Fsp3) is 0. The van der Waals surface area contributed by atoms with E-state index >= 15 is 0 Å². The highest BCUT2D eigenvalue weighted by Gasteiger charge is 2.11. The summed E-state index contributed by atoms with van der Waals surface area (Å²) in [5, 5.41) is 26.5. The van der Waals surface area contributed by atoms with Crippen molar-refractivity contribution in [2.24, 2.45) is 5.10 Å². The van der Waals surface area contributed by atoms with Crippen molar-refractivity contribution in [1.82, 2.24) is 4.98 Å². The van der Waals surface area contributed by atoms with Crippen molar-refractivity contribution in [1.29, 1.82) is 5.26 Å². The number of hydrazone groups is 1. The molecule has 0 saturated carbocycles.